The van der Waals surface area contributed by atoms with Gasteiger partial charge in [0, 0.05) is 25.7 Å². The number of quaternary nitrogens is 3. The van der Waals surface area contributed by atoms with E-state index in [1.54, 1.807) is 9.80 Å². The van der Waals surface area contributed by atoms with E-state index in [0.29, 0.717) is 0 Å². The molecule has 2 aliphatic heterocycles. The van der Waals surface area contributed by atoms with E-state index < -0.39 is 0 Å². The molecule has 0 radical (unpaired) electrons. The fourth-order valence-corrected chi connectivity index (χ4v) is 3.04. The Bertz CT molecular complexity index is 159. The zero-order chi connectivity index (χ0) is 10.7. The lowest BCUT2D eigenvalue weighted by Gasteiger charge is -2.30. The predicted molar refractivity (Wildman–Crippen MR) is 61.2 cm³/mol. The number of hydrogen-bond donors (Lipinski definition) is 3. The van der Waals surface area contributed by atoms with Crippen LogP contribution in [-0.4, -0.2) is 52.4 Å². The summed E-state index contributed by atoms with van der Waals surface area (Å²) in [5.41, 5.74) is 0. The van der Waals surface area contributed by atoms with E-state index in [9.17, 15) is 0 Å². The highest BCUT2D eigenvalue weighted by molar-refractivity contribution is 4.62. The number of nitrogens with one attached hydrogen (secondary N) is 2. The summed E-state index contributed by atoms with van der Waals surface area (Å²) < 4.78 is 0. The van der Waals surface area contributed by atoms with E-state index in [2.05, 4.69) is 19.4 Å². The van der Waals surface area contributed by atoms with Gasteiger partial charge in [-0.3, -0.25) is 0 Å². The van der Waals surface area contributed by atoms with Gasteiger partial charge in [0.05, 0.1) is 52.4 Å². The largest absolute Gasteiger partial charge is 0.341 e. The molecule has 0 amide bonds. The Kier molecular flexibility index (Phi) is 4.00. The molecule has 2 aliphatic rings. The van der Waals surface area contributed by atoms with Crippen LogP contribution in [0.3, 0.4) is 0 Å². The molecule has 0 atom stereocenters. The van der Waals surface area contributed by atoms with Gasteiger partial charge in [0.25, 0.3) is 0 Å². The average molecular weight is 214 g/mol. The molecule has 2 fully saturated rings. The molecule has 0 aromatic heterocycles. The summed E-state index contributed by atoms with van der Waals surface area (Å²) in [5.74, 6) is 0. The molecule has 4 N–H and O–H groups in total. The van der Waals surface area contributed by atoms with Gasteiger partial charge >= 0.3 is 0 Å². The summed E-state index contributed by atoms with van der Waals surface area (Å²) in [6.07, 6.45) is 5.74. The van der Waals surface area contributed by atoms with Crippen LogP contribution in [0.1, 0.15) is 25.7 Å². The number of hydrogen-bond acceptors (Lipinski definition) is 0. The van der Waals surface area contributed by atoms with Gasteiger partial charge in [-0.1, -0.05) is 0 Å². The fraction of sp³-hybridized carbons (Fsp3) is 1.00. The topological polar surface area (TPSA) is 25.5 Å². The lowest BCUT2D eigenvalue weighted by atomic mass is 10.00. The molecule has 2 rings (SSSR count). The minimum atomic E-state index is 0.942. The molecule has 3 heteroatoms. The predicted octanol–water partition coefficient (Wildman–Crippen LogP) is -3.10. The van der Waals surface area contributed by atoms with Gasteiger partial charge < -0.3 is 15.1 Å². The molecule has 15 heavy (non-hydrogen) atoms. The van der Waals surface area contributed by atoms with Gasteiger partial charge in [-0.2, -0.15) is 0 Å². The highest BCUT2D eigenvalue weighted by atomic mass is 15.1. The summed E-state index contributed by atoms with van der Waals surface area (Å²) in [6.45, 7) is 5.55. The number of nitrogens with two attached hydrogens (primary N) is 1. The van der Waals surface area contributed by atoms with Crippen LogP contribution in [-0.2, 0) is 0 Å². The van der Waals surface area contributed by atoms with E-state index in [1.165, 1.54) is 51.9 Å². The molecule has 0 bridgehead atoms. The fourth-order valence-electron chi connectivity index (χ4n) is 3.04. The standard InChI is InChI=1S/C12H25N3/c1-14-7-3-11(4-8-14)13-12-5-9-15(2)10-6-12/h11-13H,3-10H2,1-2H3/p+3. The Morgan fingerprint density at radius 3 is 1.40 bits per heavy atom. The highest BCUT2D eigenvalue weighted by Crippen LogP contribution is 1.98. The number of likely N-dealkylation sites (tertiary alicyclic amines) is 2. The second-order valence-electron chi connectivity index (χ2n) is 5.78. The third-order valence-electron chi connectivity index (χ3n) is 4.31. The first-order chi connectivity index (χ1) is 7.24. The summed E-state index contributed by atoms with van der Waals surface area (Å²) in [6, 6.07) is 1.88. The lowest BCUT2D eigenvalue weighted by Crippen LogP contribution is -3.14. The van der Waals surface area contributed by atoms with Crippen LogP contribution in [0.15, 0.2) is 0 Å². The van der Waals surface area contributed by atoms with Gasteiger partial charge in [-0.25, -0.2) is 0 Å². The molecule has 88 valence electrons. The Hall–Kier alpha value is -0.120. The minimum absolute atomic E-state index is 0.942. The summed E-state index contributed by atoms with van der Waals surface area (Å²) in [7, 11) is 4.66. The van der Waals surface area contributed by atoms with Crippen molar-refractivity contribution in [3.05, 3.63) is 0 Å². The Labute approximate surface area is 93.8 Å². The van der Waals surface area contributed by atoms with Crippen LogP contribution in [0.5, 0.6) is 0 Å². The molecule has 3 nitrogen and oxygen atoms in total. The lowest BCUT2D eigenvalue weighted by molar-refractivity contribution is -0.905. The first kappa shape index (κ1) is 11.4. The molecular weight excluding hydrogens is 186 g/mol. The molecule has 0 aromatic carbocycles. The molecular formula is C12H28N3+3. The Balaban J connectivity index is 1.68. The Morgan fingerprint density at radius 1 is 0.733 bits per heavy atom. The quantitative estimate of drug-likeness (QED) is 0.434. The van der Waals surface area contributed by atoms with Crippen molar-refractivity contribution in [1.29, 1.82) is 0 Å². The van der Waals surface area contributed by atoms with E-state index in [0.717, 1.165) is 12.1 Å². The third-order valence-corrected chi connectivity index (χ3v) is 4.31. The maximum Gasteiger partial charge on any atom is 0.0969 e. The van der Waals surface area contributed by atoms with Crippen molar-refractivity contribution >= 4 is 0 Å². The van der Waals surface area contributed by atoms with Crippen LogP contribution >= 0.6 is 0 Å². The molecule has 0 saturated carbocycles. The third kappa shape index (κ3) is 3.44. The van der Waals surface area contributed by atoms with Crippen molar-refractivity contribution in [1.82, 2.24) is 0 Å². The minimum Gasteiger partial charge on any atom is -0.341 e. The van der Waals surface area contributed by atoms with E-state index in [-0.39, 0.29) is 0 Å². The monoisotopic (exact) mass is 214 g/mol. The number of piperidine rings is 2. The number of rotatable bonds is 2. The van der Waals surface area contributed by atoms with Crippen LogP contribution in [0.2, 0.25) is 0 Å². The maximum atomic E-state index is 2.71. The van der Waals surface area contributed by atoms with Crippen molar-refractivity contribution in [3.63, 3.8) is 0 Å². The summed E-state index contributed by atoms with van der Waals surface area (Å²) in [5, 5.41) is 2.71. The van der Waals surface area contributed by atoms with Crippen molar-refractivity contribution in [2.24, 2.45) is 0 Å². The van der Waals surface area contributed by atoms with Crippen molar-refractivity contribution < 1.29 is 15.1 Å². The van der Waals surface area contributed by atoms with Crippen LogP contribution in [0.4, 0.5) is 0 Å². The maximum absolute atomic E-state index is 2.71. The Morgan fingerprint density at radius 2 is 1.07 bits per heavy atom. The molecule has 0 spiro atoms. The second kappa shape index (κ2) is 5.28. The first-order valence-electron chi connectivity index (χ1n) is 6.71. The van der Waals surface area contributed by atoms with Gasteiger partial charge in [0.15, 0.2) is 0 Å². The van der Waals surface area contributed by atoms with Crippen molar-refractivity contribution in [2.45, 2.75) is 37.8 Å². The van der Waals surface area contributed by atoms with Gasteiger partial charge in [-0.15, -0.1) is 0 Å². The van der Waals surface area contributed by atoms with E-state index in [4.69, 9.17) is 0 Å². The molecule has 2 heterocycles. The summed E-state index contributed by atoms with van der Waals surface area (Å²) in [4.78, 5) is 3.46. The van der Waals surface area contributed by atoms with Crippen molar-refractivity contribution in [3.8, 4) is 0 Å². The van der Waals surface area contributed by atoms with E-state index in [1.807, 2.05) is 0 Å². The van der Waals surface area contributed by atoms with Gasteiger partial charge in [-0.05, 0) is 0 Å². The highest BCUT2D eigenvalue weighted by Gasteiger charge is 2.28. The zero-order valence-corrected chi connectivity index (χ0v) is 10.4. The van der Waals surface area contributed by atoms with Crippen LogP contribution in [0, 0.1) is 0 Å². The summed E-state index contributed by atoms with van der Waals surface area (Å²) >= 11 is 0. The molecule has 2 saturated heterocycles. The molecule has 0 aromatic rings. The van der Waals surface area contributed by atoms with Crippen LogP contribution < -0.4 is 15.1 Å². The van der Waals surface area contributed by atoms with E-state index >= 15 is 0 Å². The second-order valence-corrected chi connectivity index (χ2v) is 5.78. The smallest absolute Gasteiger partial charge is 0.0969 e. The molecule has 0 aliphatic carbocycles. The van der Waals surface area contributed by atoms with Crippen molar-refractivity contribution in [2.75, 3.05) is 40.3 Å². The average Bonchev–Trinajstić information content (AvgIpc) is 2.25. The van der Waals surface area contributed by atoms with Gasteiger partial charge in [0.2, 0.25) is 0 Å². The normalized spacial score (nSPS) is 42.8. The van der Waals surface area contributed by atoms with Crippen LogP contribution in [0.25, 0.3) is 0 Å². The molecule has 0 unspecified atom stereocenters. The zero-order valence-electron chi connectivity index (χ0n) is 10.4. The SMILES string of the molecule is C[NH+]1CCC([NH2+]C2CC[NH+](C)CC2)CC1. The van der Waals surface area contributed by atoms with Gasteiger partial charge in [0.1, 0.15) is 0 Å². The first-order valence-corrected chi connectivity index (χ1v) is 6.71.